The number of fused-ring (bicyclic) bond motifs is 1. The zero-order chi connectivity index (χ0) is 18.4. The monoisotopic (exact) mass is 429 g/mol. The molecule has 1 fully saturated rings. The van der Waals surface area contributed by atoms with Crippen molar-refractivity contribution in [2.45, 2.75) is 44.9 Å². The van der Waals surface area contributed by atoms with Crippen LogP contribution in [0.5, 0.6) is 0 Å². The standard InChI is InChI=1S/C16H20BrN3O4S/c1-16(2,3)24-15(23)19-5-4-10(11(21)7-19)20-8-18-9-6-12(17)25-13(9)14(20)22/h6,8,10-11,21H,4-5,7H2,1-3H3/t10-,11-/m0/s1. The number of aromatic nitrogens is 2. The summed E-state index contributed by atoms with van der Waals surface area (Å²) in [4.78, 5) is 30.6. The third-order valence-corrected chi connectivity index (χ3v) is 5.60. The van der Waals surface area contributed by atoms with Crippen LogP contribution in [0.25, 0.3) is 10.2 Å². The first kappa shape index (κ1) is 18.3. The molecule has 0 saturated carbocycles. The minimum absolute atomic E-state index is 0.123. The number of carbonyl (C=O) groups excluding carboxylic acids is 1. The predicted molar refractivity (Wildman–Crippen MR) is 99.0 cm³/mol. The number of carbonyl (C=O) groups is 1. The maximum atomic E-state index is 12.7. The average molecular weight is 430 g/mol. The van der Waals surface area contributed by atoms with Gasteiger partial charge >= 0.3 is 6.09 Å². The molecular formula is C16H20BrN3O4S. The topological polar surface area (TPSA) is 84.7 Å². The molecule has 1 saturated heterocycles. The van der Waals surface area contributed by atoms with Gasteiger partial charge in [-0.05, 0) is 49.2 Å². The van der Waals surface area contributed by atoms with Crippen molar-refractivity contribution >= 4 is 43.6 Å². The number of nitrogens with zero attached hydrogens (tertiary/aromatic N) is 3. The summed E-state index contributed by atoms with van der Waals surface area (Å²) in [7, 11) is 0. The number of aliphatic hydroxyl groups excluding tert-OH is 1. The maximum Gasteiger partial charge on any atom is 0.410 e. The first-order chi connectivity index (χ1) is 11.7. The van der Waals surface area contributed by atoms with Crippen LogP contribution < -0.4 is 5.56 Å². The van der Waals surface area contributed by atoms with Crippen LogP contribution >= 0.6 is 27.3 Å². The number of piperidine rings is 1. The molecule has 0 spiro atoms. The fourth-order valence-corrected chi connectivity index (χ4v) is 4.34. The van der Waals surface area contributed by atoms with Crippen molar-refractivity contribution in [1.29, 1.82) is 0 Å². The number of likely N-dealkylation sites (tertiary alicyclic amines) is 1. The van der Waals surface area contributed by atoms with Crippen molar-refractivity contribution in [3.05, 3.63) is 26.5 Å². The van der Waals surface area contributed by atoms with Crippen LogP contribution in [0.15, 0.2) is 21.0 Å². The van der Waals surface area contributed by atoms with Crippen LogP contribution in [-0.2, 0) is 4.74 Å². The number of hydrogen-bond acceptors (Lipinski definition) is 6. The Morgan fingerprint density at radius 3 is 2.84 bits per heavy atom. The van der Waals surface area contributed by atoms with Crippen molar-refractivity contribution < 1.29 is 14.6 Å². The summed E-state index contributed by atoms with van der Waals surface area (Å²) >= 11 is 4.69. The first-order valence-electron chi connectivity index (χ1n) is 7.98. The van der Waals surface area contributed by atoms with Gasteiger partial charge in [-0.3, -0.25) is 9.36 Å². The number of β-amino-alcohol motifs (C(OH)–C–C–N with tert-alkyl or cyclic N) is 1. The Balaban J connectivity index is 1.79. The van der Waals surface area contributed by atoms with Gasteiger partial charge in [0.05, 0.1) is 34.3 Å². The highest BCUT2D eigenvalue weighted by Gasteiger charge is 2.34. The minimum Gasteiger partial charge on any atom is -0.444 e. The number of aliphatic hydroxyl groups is 1. The van der Waals surface area contributed by atoms with E-state index in [-0.39, 0.29) is 12.1 Å². The highest BCUT2D eigenvalue weighted by atomic mass is 79.9. The smallest absolute Gasteiger partial charge is 0.410 e. The number of hydrogen-bond donors (Lipinski definition) is 1. The zero-order valence-electron chi connectivity index (χ0n) is 14.2. The van der Waals surface area contributed by atoms with Gasteiger partial charge in [-0.2, -0.15) is 0 Å². The van der Waals surface area contributed by atoms with Gasteiger partial charge in [0.1, 0.15) is 10.3 Å². The lowest BCUT2D eigenvalue weighted by Crippen LogP contribution is -2.50. The van der Waals surface area contributed by atoms with E-state index in [2.05, 4.69) is 20.9 Å². The summed E-state index contributed by atoms with van der Waals surface area (Å²) in [6.07, 6.45) is 0.621. The molecule has 1 amide bonds. The van der Waals surface area contributed by atoms with E-state index < -0.39 is 23.8 Å². The van der Waals surface area contributed by atoms with Crippen LogP contribution in [0.3, 0.4) is 0 Å². The third kappa shape index (κ3) is 3.88. The summed E-state index contributed by atoms with van der Waals surface area (Å²) in [5.74, 6) is 0. The molecule has 0 radical (unpaired) electrons. The highest BCUT2D eigenvalue weighted by molar-refractivity contribution is 9.11. The van der Waals surface area contributed by atoms with E-state index >= 15 is 0 Å². The Morgan fingerprint density at radius 2 is 2.20 bits per heavy atom. The summed E-state index contributed by atoms with van der Waals surface area (Å²) in [6.45, 7) is 5.93. The molecule has 0 bridgehead atoms. The second-order valence-electron chi connectivity index (χ2n) is 7.07. The molecule has 1 N–H and O–H groups in total. The van der Waals surface area contributed by atoms with E-state index in [9.17, 15) is 14.7 Å². The van der Waals surface area contributed by atoms with Crippen LogP contribution in [-0.4, -0.2) is 50.4 Å². The molecule has 2 atom stereocenters. The van der Waals surface area contributed by atoms with Gasteiger partial charge in [-0.25, -0.2) is 9.78 Å². The van der Waals surface area contributed by atoms with Crippen LogP contribution in [0, 0.1) is 0 Å². The summed E-state index contributed by atoms with van der Waals surface area (Å²) in [5, 5.41) is 10.5. The van der Waals surface area contributed by atoms with E-state index in [1.807, 2.05) is 0 Å². The number of halogens is 1. The molecular weight excluding hydrogens is 410 g/mol. The number of amides is 1. The van der Waals surface area contributed by atoms with Crippen molar-refractivity contribution in [3.63, 3.8) is 0 Å². The molecule has 136 valence electrons. The Kier molecular flexibility index (Phi) is 4.91. The van der Waals surface area contributed by atoms with Crippen molar-refractivity contribution in [2.24, 2.45) is 0 Å². The summed E-state index contributed by atoms with van der Waals surface area (Å²) in [6, 6.07) is 1.39. The third-order valence-electron chi connectivity index (χ3n) is 3.99. The Morgan fingerprint density at radius 1 is 1.48 bits per heavy atom. The molecule has 7 nitrogen and oxygen atoms in total. The Labute approximate surface area is 157 Å². The molecule has 9 heteroatoms. The van der Waals surface area contributed by atoms with E-state index in [1.165, 1.54) is 27.1 Å². The molecule has 2 aromatic rings. The zero-order valence-corrected chi connectivity index (χ0v) is 16.6. The summed E-state index contributed by atoms with van der Waals surface area (Å²) < 4.78 is 8.21. The van der Waals surface area contributed by atoms with Gasteiger partial charge in [0.15, 0.2) is 0 Å². The van der Waals surface area contributed by atoms with Crippen LogP contribution in [0.2, 0.25) is 0 Å². The molecule has 25 heavy (non-hydrogen) atoms. The highest BCUT2D eigenvalue weighted by Crippen LogP contribution is 2.28. The van der Waals surface area contributed by atoms with Gasteiger partial charge in [0.2, 0.25) is 0 Å². The molecule has 3 rings (SSSR count). The fraction of sp³-hybridized carbons (Fsp3) is 0.562. The minimum atomic E-state index is -0.860. The molecule has 0 aromatic carbocycles. The quantitative estimate of drug-likeness (QED) is 0.752. The largest absolute Gasteiger partial charge is 0.444 e. The van der Waals surface area contributed by atoms with Crippen molar-refractivity contribution in [3.8, 4) is 0 Å². The normalized spacial score (nSPS) is 21.6. The summed E-state index contributed by atoms with van der Waals surface area (Å²) in [5.41, 5.74) is -0.119. The first-order valence-corrected chi connectivity index (χ1v) is 9.59. The fourth-order valence-electron chi connectivity index (χ4n) is 2.87. The second-order valence-corrected chi connectivity index (χ2v) is 9.50. The lowest BCUT2D eigenvalue weighted by Gasteiger charge is -2.37. The van der Waals surface area contributed by atoms with Gasteiger partial charge in [0, 0.05) is 6.54 Å². The molecule has 0 aliphatic carbocycles. The lowest BCUT2D eigenvalue weighted by molar-refractivity contribution is -0.0105. The van der Waals surface area contributed by atoms with Crippen LogP contribution in [0.4, 0.5) is 4.79 Å². The predicted octanol–water partition coefficient (Wildman–Crippen LogP) is 2.76. The Hall–Kier alpha value is -1.45. The van der Waals surface area contributed by atoms with Gasteiger partial charge in [-0.15, -0.1) is 11.3 Å². The van der Waals surface area contributed by atoms with Crippen molar-refractivity contribution in [2.75, 3.05) is 13.1 Å². The van der Waals surface area contributed by atoms with Crippen molar-refractivity contribution in [1.82, 2.24) is 14.5 Å². The van der Waals surface area contributed by atoms with E-state index in [4.69, 9.17) is 4.74 Å². The molecule has 3 heterocycles. The number of thiophene rings is 1. The lowest BCUT2D eigenvalue weighted by atomic mass is 10.0. The van der Waals surface area contributed by atoms with E-state index in [1.54, 1.807) is 26.8 Å². The SMILES string of the molecule is CC(C)(C)OC(=O)N1CC[C@H](n2cnc3cc(Br)sc3c2=O)[C@@H](O)C1. The van der Waals surface area contributed by atoms with Gasteiger partial charge < -0.3 is 14.7 Å². The molecule has 0 unspecified atom stereocenters. The van der Waals surface area contributed by atoms with E-state index in [0.29, 0.717) is 23.2 Å². The van der Waals surface area contributed by atoms with Gasteiger partial charge in [-0.1, -0.05) is 0 Å². The van der Waals surface area contributed by atoms with E-state index in [0.717, 1.165) is 3.79 Å². The number of rotatable bonds is 1. The molecule has 2 aromatic heterocycles. The Bertz CT molecular complexity index is 857. The molecule has 1 aliphatic rings. The number of ether oxygens (including phenoxy) is 1. The average Bonchev–Trinajstić information content (AvgIpc) is 2.88. The van der Waals surface area contributed by atoms with Crippen LogP contribution in [0.1, 0.15) is 33.2 Å². The second kappa shape index (κ2) is 6.69. The maximum absolute atomic E-state index is 12.7. The molecule has 1 aliphatic heterocycles. The van der Waals surface area contributed by atoms with Gasteiger partial charge in [0.25, 0.3) is 5.56 Å².